The molecule has 0 radical (unpaired) electrons. The van der Waals surface area contributed by atoms with E-state index in [1.807, 2.05) is 0 Å². The first-order valence-corrected chi connectivity index (χ1v) is 11.7. The van der Waals surface area contributed by atoms with Gasteiger partial charge in [0.1, 0.15) is 5.75 Å². The number of carbonyl (C=O) groups excluding carboxylic acids is 1. The van der Waals surface area contributed by atoms with E-state index in [2.05, 4.69) is 4.72 Å². The van der Waals surface area contributed by atoms with Crippen LogP contribution in [0.15, 0.2) is 81.3 Å². The number of para-hydroxylation sites is 1. The van der Waals surface area contributed by atoms with Crippen molar-refractivity contribution in [1.82, 2.24) is 19.3 Å². The largest absolute Gasteiger partial charge is 0.508 e. The summed E-state index contributed by atoms with van der Waals surface area (Å²) < 4.78 is 30.3. The van der Waals surface area contributed by atoms with Crippen LogP contribution in [-0.4, -0.2) is 39.8 Å². The molecular formula is C22H24N4O7S. The third-order valence-electron chi connectivity index (χ3n) is 5.15. The number of phenolic OH excluding ortho intramolecular Hbond substituents is 1. The minimum absolute atomic E-state index is 0.0162. The molecule has 0 spiro atoms. The molecule has 4 N–H and O–H groups in total. The summed E-state index contributed by atoms with van der Waals surface area (Å²) in [4.78, 5) is 37.1. The molecule has 2 atom stereocenters. The molecular weight excluding hydrogens is 464 g/mol. The van der Waals surface area contributed by atoms with E-state index in [0.717, 1.165) is 4.57 Å². The summed E-state index contributed by atoms with van der Waals surface area (Å²) in [5.41, 5.74) is 0.697. The van der Waals surface area contributed by atoms with E-state index >= 15 is 0 Å². The van der Waals surface area contributed by atoms with Crippen molar-refractivity contribution in [1.29, 1.82) is 0 Å². The molecule has 12 heteroatoms. The van der Waals surface area contributed by atoms with Crippen molar-refractivity contribution in [2.75, 3.05) is 0 Å². The van der Waals surface area contributed by atoms with Gasteiger partial charge in [-0.2, -0.15) is 0 Å². The Morgan fingerprint density at radius 2 is 1.68 bits per heavy atom. The van der Waals surface area contributed by atoms with Gasteiger partial charge in [0.15, 0.2) is 0 Å². The maximum absolute atomic E-state index is 13.1. The van der Waals surface area contributed by atoms with Gasteiger partial charge in [-0.1, -0.05) is 18.2 Å². The Morgan fingerprint density at radius 3 is 2.29 bits per heavy atom. The molecule has 0 aliphatic rings. The molecule has 3 rings (SSSR count). The predicted molar refractivity (Wildman–Crippen MR) is 122 cm³/mol. The van der Waals surface area contributed by atoms with Crippen LogP contribution in [0.25, 0.3) is 5.69 Å². The number of rotatable bonds is 9. The van der Waals surface area contributed by atoms with Gasteiger partial charge in [-0.05, 0) is 49.7 Å². The summed E-state index contributed by atoms with van der Waals surface area (Å²) in [5, 5.41) is 18.3. The average Bonchev–Trinajstić information content (AvgIpc) is 2.79. The highest BCUT2D eigenvalue weighted by Crippen LogP contribution is 2.18. The third-order valence-corrected chi connectivity index (χ3v) is 6.69. The first-order chi connectivity index (χ1) is 16.1. The number of nitrogens with zero attached hydrogens (tertiary/aromatic N) is 2. The summed E-state index contributed by atoms with van der Waals surface area (Å²) in [6.07, 6.45) is 0.884. The first kappa shape index (κ1) is 24.9. The number of nitrogens with one attached hydrogen (secondary N) is 2. The lowest BCUT2D eigenvalue weighted by atomic mass is 10.1. The summed E-state index contributed by atoms with van der Waals surface area (Å²) >= 11 is 0. The van der Waals surface area contributed by atoms with Gasteiger partial charge in [-0.25, -0.2) is 28.0 Å². The highest BCUT2D eigenvalue weighted by Gasteiger charge is 2.25. The summed E-state index contributed by atoms with van der Waals surface area (Å²) in [6, 6.07) is 12.7. The fourth-order valence-electron chi connectivity index (χ4n) is 3.52. The molecule has 0 saturated heterocycles. The molecule has 0 bridgehead atoms. The van der Waals surface area contributed by atoms with Crippen LogP contribution >= 0.6 is 0 Å². The van der Waals surface area contributed by atoms with E-state index in [1.54, 1.807) is 37.3 Å². The van der Waals surface area contributed by atoms with Gasteiger partial charge in [-0.15, -0.1) is 0 Å². The predicted octanol–water partition coefficient (Wildman–Crippen LogP) is 0.898. The Morgan fingerprint density at radius 1 is 1.03 bits per heavy atom. The second-order valence-corrected chi connectivity index (χ2v) is 9.36. The number of aromatic nitrogens is 2. The molecule has 1 amide bonds. The molecule has 0 saturated carbocycles. The van der Waals surface area contributed by atoms with Crippen LogP contribution < -0.4 is 21.5 Å². The van der Waals surface area contributed by atoms with Crippen molar-refractivity contribution in [3.05, 3.63) is 87.7 Å². The number of sulfonamides is 1. The lowest BCUT2D eigenvalue weighted by molar-refractivity contribution is -0.129. The SMILES string of the molecule is CC(CC(CC(=O)NO)NS(=O)(=O)c1ccc(O)cc1)n1ccc(=O)n(-c2ccccc2)c1=O. The number of benzene rings is 2. The molecule has 0 fully saturated rings. The maximum Gasteiger partial charge on any atom is 0.335 e. The average molecular weight is 489 g/mol. The molecule has 1 heterocycles. The van der Waals surface area contributed by atoms with Crippen LogP contribution in [0.4, 0.5) is 0 Å². The molecule has 1 aromatic heterocycles. The molecule has 2 aromatic carbocycles. The summed E-state index contributed by atoms with van der Waals surface area (Å²) in [6.45, 7) is 1.64. The van der Waals surface area contributed by atoms with Crippen LogP contribution in [0.3, 0.4) is 0 Å². The molecule has 0 aliphatic carbocycles. The van der Waals surface area contributed by atoms with Crippen LogP contribution in [0.1, 0.15) is 25.8 Å². The molecule has 3 aromatic rings. The number of amides is 1. The Hall–Kier alpha value is -3.74. The van der Waals surface area contributed by atoms with Crippen LogP contribution in [-0.2, 0) is 14.8 Å². The fraction of sp³-hybridized carbons (Fsp3) is 0.227. The van der Waals surface area contributed by atoms with E-state index in [1.165, 1.54) is 46.6 Å². The lowest BCUT2D eigenvalue weighted by Crippen LogP contribution is -2.43. The number of phenols is 1. The Bertz CT molecular complexity index is 1370. The number of aromatic hydroxyl groups is 1. The number of carbonyl (C=O) groups is 1. The Labute approximate surface area is 194 Å². The minimum atomic E-state index is -4.09. The monoisotopic (exact) mass is 488 g/mol. The molecule has 180 valence electrons. The highest BCUT2D eigenvalue weighted by molar-refractivity contribution is 7.89. The fourth-order valence-corrected chi connectivity index (χ4v) is 4.77. The van der Waals surface area contributed by atoms with Crippen LogP contribution in [0.2, 0.25) is 0 Å². The van der Waals surface area contributed by atoms with Crippen LogP contribution in [0, 0.1) is 0 Å². The zero-order chi connectivity index (χ0) is 24.9. The minimum Gasteiger partial charge on any atom is -0.508 e. The maximum atomic E-state index is 13.1. The summed E-state index contributed by atoms with van der Waals surface area (Å²) in [7, 11) is -4.09. The van der Waals surface area contributed by atoms with Crippen molar-refractivity contribution in [3.8, 4) is 11.4 Å². The van der Waals surface area contributed by atoms with E-state index in [0.29, 0.717) is 5.69 Å². The van der Waals surface area contributed by atoms with Crippen molar-refractivity contribution in [2.24, 2.45) is 0 Å². The number of hydrogen-bond donors (Lipinski definition) is 4. The van der Waals surface area contributed by atoms with Crippen molar-refractivity contribution < 1.29 is 23.5 Å². The van der Waals surface area contributed by atoms with E-state index in [4.69, 9.17) is 5.21 Å². The van der Waals surface area contributed by atoms with Gasteiger partial charge in [0.2, 0.25) is 15.9 Å². The molecule has 0 aliphatic heterocycles. The first-order valence-electron chi connectivity index (χ1n) is 10.3. The second-order valence-electron chi connectivity index (χ2n) is 7.65. The topological polar surface area (TPSA) is 160 Å². The van der Waals surface area contributed by atoms with Crippen molar-refractivity contribution in [3.63, 3.8) is 0 Å². The standard InChI is InChI=1S/C22H24N4O7S/c1-15(25-12-11-21(29)26(22(25)30)17-5-3-2-4-6-17)13-16(14-20(28)23-31)24-34(32,33)19-9-7-18(27)8-10-19/h2-12,15-16,24,27,31H,13-14H2,1H3,(H,23,28). The van der Waals surface area contributed by atoms with Crippen molar-refractivity contribution in [2.45, 2.75) is 36.7 Å². The Kier molecular flexibility index (Phi) is 7.66. The zero-order valence-corrected chi connectivity index (χ0v) is 19.0. The third kappa shape index (κ3) is 5.78. The highest BCUT2D eigenvalue weighted by atomic mass is 32.2. The molecule has 34 heavy (non-hydrogen) atoms. The number of hydrogen-bond acceptors (Lipinski definition) is 7. The van der Waals surface area contributed by atoms with Gasteiger partial charge in [-0.3, -0.25) is 19.4 Å². The van der Waals surface area contributed by atoms with Gasteiger partial charge < -0.3 is 5.11 Å². The van der Waals surface area contributed by atoms with E-state index in [-0.39, 0.29) is 17.1 Å². The second kappa shape index (κ2) is 10.5. The molecule has 11 nitrogen and oxygen atoms in total. The number of hydroxylamine groups is 1. The summed E-state index contributed by atoms with van der Waals surface area (Å²) in [5.74, 6) is -0.941. The van der Waals surface area contributed by atoms with E-state index in [9.17, 15) is 27.9 Å². The van der Waals surface area contributed by atoms with Gasteiger partial charge in [0.05, 0.1) is 10.6 Å². The van der Waals surface area contributed by atoms with Gasteiger partial charge in [0, 0.05) is 30.8 Å². The zero-order valence-electron chi connectivity index (χ0n) is 18.2. The normalized spacial score (nSPS) is 13.2. The van der Waals surface area contributed by atoms with E-state index < -0.39 is 45.7 Å². The lowest BCUT2D eigenvalue weighted by Gasteiger charge is -2.23. The quantitative estimate of drug-likeness (QED) is 0.257. The van der Waals surface area contributed by atoms with Gasteiger partial charge >= 0.3 is 5.69 Å². The Balaban J connectivity index is 1.91. The van der Waals surface area contributed by atoms with Gasteiger partial charge in [0.25, 0.3) is 5.56 Å². The smallest absolute Gasteiger partial charge is 0.335 e. The molecule has 2 unspecified atom stereocenters. The van der Waals surface area contributed by atoms with Crippen molar-refractivity contribution >= 4 is 15.9 Å². The van der Waals surface area contributed by atoms with Crippen LogP contribution in [0.5, 0.6) is 5.75 Å².